The highest BCUT2D eigenvalue weighted by molar-refractivity contribution is 5.90. The summed E-state index contributed by atoms with van der Waals surface area (Å²) in [4.78, 5) is 24.4. The van der Waals surface area contributed by atoms with Gasteiger partial charge in [0.15, 0.2) is 5.43 Å². The quantitative estimate of drug-likeness (QED) is 0.459. The average Bonchev–Trinajstić information content (AvgIpc) is 2.60. The second kappa shape index (κ2) is 7.61. The molecule has 28 heavy (non-hydrogen) atoms. The predicted molar refractivity (Wildman–Crippen MR) is 96.0 cm³/mol. The molecule has 152 valence electrons. The molecular weight excluding hydrogens is 372 g/mol. The third-order valence-electron chi connectivity index (χ3n) is 4.87. The van der Waals surface area contributed by atoms with Crippen molar-refractivity contribution in [1.82, 2.24) is 0 Å². The molecule has 5 atom stereocenters. The van der Waals surface area contributed by atoms with Crippen LogP contribution in [-0.4, -0.2) is 62.3 Å². The van der Waals surface area contributed by atoms with E-state index in [1.165, 1.54) is 19.1 Å². The lowest BCUT2D eigenvalue weighted by Crippen LogP contribution is -2.55. The number of phenolic OH excluding ortho intramolecular Hbond substituents is 1. The fourth-order valence-electron chi connectivity index (χ4n) is 3.61. The van der Waals surface area contributed by atoms with E-state index in [4.69, 9.17) is 9.15 Å². The van der Waals surface area contributed by atoms with E-state index in [-0.39, 0.29) is 34.3 Å². The number of aryl methyl sites for hydroxylation is 1. The number of aliphatic hydroxyl groups excluding tert-OH is 4. The summed E-state index contributed by atoms with van der Waals surface area (Å²) in [7, 11) is 0. The molecule has 2 heterocycles. The van der Waals surface area contributed by atoms with E-state index in [0.29, 0.717) is 5.76 Å². The highest BCUT2D eigenvalue weighted by atomic mass is 16.5. The van der Waals surface area contributed by atoms with Crippen molar-refractivity contribution in [2.24, 2.45) is 0 Å². The molecule has 5 N–H and O–H groups in total. The van der Waals surface area contributed by atoms with Crippen molar-refractivity contribution in [3.05, 3.63) is 39.2 Å². The molecule has 1 saturated heterocycles. The fourth-order valence-corrected chi connectivity index (χ4v) is 3.61. The van der Waals surface area contributed by atoms with Crippen LogP contribution >= 0.6 is 0 Å². The molecule has 3 rings (SSSR count). The molecule has 0 radical (unpaired) electrons. The zero-order valence-corrected chi connectivity index (χ0v) is 15.3. The highest BCUT2D eigenvalue weighted by Crippen LogP contribution is 2.41. The van der Waals surface area contributed by atoms with Gasteiger partial charge in [0.25, 0.3) is 0 Å². The SMILES string of the molecule is CC(=O)Cc1c(C2OC(CO)C(O)C(O)C2O)c(O)cc2oc(C)cc(=O)c12. The van der Waals surface area contributed by atoms with Crippen molar-refractivity contribution in [2.45, 2.75) is 50.8 Å². The van der Waals surface area contributed by atoms with Crippen molar-refractivity contribution in [2.75, 3.05) is 6.61 Å². The number of carbonyl (C=O) groups is 1. The number of Topliss-reactive ketones (excluding diaryl/α,β-unsaturated/α-hetero) is 1. The van der Waals surface area contributed by atoms with Crippen LogP contribution in [0.2, 0.25) is 0 Å². The van der Waals surface area contributed by atoms with Gasteiger partial charge < -0.3 is 34.7 Å². The highest BCUT2D eigenvalue weighted by Gasteiger charge is 2.45. The number of phenols is 1. The lowest BCUT2D eigenvalue weighted by atomic mass is 9.86. The molecule has 1 aliphatic rings. The maximum absolute atomic E-state index is 12.6. The van der Waals surface area contributed by atoms with Gasteiger partial charge in [-0.2, -0.15) is 0 Å². The second-order valence-corrected chi connectivity index (χ2v) is 7.01. The van der Waals surface area contributed by atoms with E-state index in [2.05, 4.69) is 0 Å². The summed E-state index contributed by atoms with van der Waals surface area (Å²) in [6.07, 6.45) is -7.80. The van der Waals surface area contributed by atoms with Gasteiger partial charge >= 0.3 is 0 Å². The van der Waals surface area contributed by atoms with Crippen molar-refractivity contribution in [3.63, 3.8) is 0 Å². The molecule has 5 unspecified atom stereocenters. The molecule has 1 aliphatic heterocycles. The van der Waals surface area contributed by atoms with Crippen LogP contribution in [0.4, 0.5) is 0 Å². The van der Waals surface area contributed by atoms with Crippen molar-refractivity contribution >= 4 is 16.8 Å². The zero-order chi connectivity index (χ0) is 20.7. The largest absolute Gasteiger partial charge is 0.507 e. The molecule has 9 nitrogen and oxygen atoms in total. The van der Waals surface area contributed by atoms with Crippen LogP contribution in [0.5, 0.6) is 5.75 Å². The Morgan fingerprint density at radius 1 is 1.14 bits per heavy atom. The minimum atomic E-state index is -1.68. The Bertz CT molecular complexity index is 962. The molecule has 0 aliphatic carbocycles. The van der Waals surface area contributed by atoms with Gasteiger partial charge in [-0.15, -0.1) is 0 Å². The average molecular weight is 394 g/mol. The topological polar surface area (TPSA) is 158 Å². The van der Waals surface area contributed by atoms with Gasteiger partial charge in [-0.3, -0.25) is 9.59 Å². The number of hydrogen-bond acceptors (Lipinski definition) is 9. The number of fused-ring (bicyclic) bond motifs is 1. The van der Waals surface area contributed by atoms with E-state index in [9.17, 15) is 35.1 Å². The Balaban J connectivity index is 2.29. The molecule has 0 spiro atoms. The van der Waals surface area contributed by atoms with Crippen LogP contribution in [0, 0.1) is 6.92 Å². The van der Waals surface area contributed by atoms with E-state index < -0.39 is 48.3 Å². The number of benzene rings is 1. The molecule has 0 amide bonds. The number of aliphatic hydroxyl groups is 4. The van der Waals surface area contributed by atoms with Gasteiger partial charge in [-0.1, -0.05) is 0 Å². The van der Waals surface area contributed by atoms with E-state index in [1.54, 1.807) is 6.92 Å². The molecule has 2 aromatic rings. The first kappa shape index (κ1) is 20.4. The summed E-state index contributed by atoms with van der Waals surface area (Å²) in [5, 5.41) is 50.5. The zero-order valence-electron chi connectivity index (χ0n) is 15.3. The maximum atomic E-state index is 12.6. The summed E-state index contributed by atoms with van der Waals surface area (Å²) >= 11 is 0. The minimum absolute atomic E-state index is 0.0468. The predicted octanol–water partition coefficient (Wildman–Crippen LogP) is -0.547. The first-order valence-corrected chi connectivity index (χ1v) is 8.74. The molecule has 0 bridgehead atoms. The summed E-state index contributed by atoms with van der Waals surface area (Å²) in [6.45, 7) is 2.20. The second-order valence-electron chi connectivity index (χ2n) is 7.01. The number of hydrogen-bond donors (Lipinski definition) is 5. The summed E-state index contributed by atoms with van der Waals surface area (Å²) in [5.74, 6) is -0.425. The van der Waals surface area contributed by atoms with Crippen molar-refractivity contribution < 1.29 is 39.5 Å². The summed E-state index contributed by atoms with van der Waals surface area (Å²) < 4.78 is 11.0. The Hall–Kier alpha value is -2.30. The Morgan fingerprint density at radius 3 is 2.43 bits per heavy atom. The van der Waals surface area contributed by atoms with Crippen molar-refractivity contribution in [1.29, 1.82) is 0 Å². The molecule has 1 aromatic heterocycles. The Labute approximate surface area is 159 Å². The Kier molecular flexibility index (Phi) is 5.55. The van der Waals surface area contributed by atoms with Crippen LogP contribution in [-0.2, 0) is 16.0 Å². The first-order chi connectivity index (χ1) is 13.1. The number of aromatic hydroxyl groups is 1. The lowest BCUT2D eigenvalue weighted by Gasteiger charge is -2.41. The normalized spacial score (nSPS) is 27.9. The third kappa shape index (κ3) is 3.43. The number of rotatable bonds is 4. The molecular formula is C19H22O9. The van der Waals surface area contributed by atoms with Gasteiger partial charge in [0.2, 0.25) is 0 Å². The molecule has 1 fully saturated rings. The van der Waals surface area contributed by atoms with Crippen LogP contribution in [0.3, 0.4) is 0 Å². The fraction of sp³-hybridized carbons (Fsp3) is 0.474. The Morgan fingerprint density at radius 2 is 1.82 bits per heavy atom. The molecule has 9 heteroatoms. The van der Waals surface area contributed by atoms with Gasteiger partial charge in [0.1, 0.15) is 53.4 Å². The number of ketones is 1. The van der Waals surface area contributed by atoms with Gasteiger partial charge in [0, 0.05) is 24.1 Å². The van der Waals surface area contributed by atoms with Crippen LogP contribution in [0.1, 0.15) is 29.9 Å². The van der Waals surface area contributed by atoms with Crippen molar-refractivity contribution in [3.8, 4) is 5.75 Å². The molecule has 0 saturated carbocycles. The van der Waals surface area contributed by atoms with Crippen LogP contribution in [0.15, 0.2) is 21.3 Å². The third-order valence-corrected chi connectivity index (χ3v) is 4.87. The van der Waals surface area contributed by atoms with E-state index in [1.807, 2.05) is 0 Å². The number of ether oxygens (including phenoxy) is 1. The van der Waals surface area contributed by atoms with Gasteiger partial charge in [-0.05, 0) is 19.4 Å². The van der Waals surface area contributed by atoms with E-state index in [0.717, 1.165) is 0 Å². The maximum Gasteiger partial charge on any atom is 0.193 e. The smallest absolute Gasteiger partial charge is 0.193 e. The number of carbonyl (C=O) groups excluding carboxylic acids is 1. The minimum Gasteiger partial charge on any atom is -0.507 e. The molecule has 1 aromatic carbocycles. The lowest BCUT2D eigenvalue weighted by molar-refractivity contribution is -0.232. The monoisotopic (exact) mass is 394 g/mol. The first-order valence-electron chi connectivity index (χ1n) is 8.74. The van der Waals surface area contributed by atoms with Crippen LogP contribution in [0.25, 0.3) is 11.0 Å². The van der Waals surface area contributed by atoms with E-state index >= 15 is 0 Å². The van der Waals surface area contributed by atoms with Gasteiger partial charge in [0.05, 0.1) is 12.0 Å². The van der Waals surface area contributed by atoms with Crippen LogP contribution < -0.4 is 5.43 Å². The summed E-state index contributed by atoms with van der Waals surface area (Å²) in [5.41, 5.74) is -0.357. The standard InChI is InChI=1S/C19H22O9/c1-7(21)3-9-14-10(22)4-8(2)27-12(14)5-11(23)15(9)19-18(26)17(25)16(24)13(6-20)28-19/h4-5,13,16-20,23-26H,3,6H2,1-2H3. The summed E-state index contributed by atoms with van der Waals surface area (Å²) in [6, 6.07) is 2.41. The van der Waals surface area contributed by atoms with Gasteiger partial charge in [-0.25, -0.2) is 0 Å².